The van der Waals surface area contributed by atoms with E-state index in [1.54, 1.807) is 19.2 Å². The normalized spacial score (nSPS) is 20.9. The number of ether oxygens (including phenoxy) is 1. The standard InChI is InChI=1S/C34H34ClN7O3/c1-40-30-25(12-21(14-28(30)45-2)34(44)42-16-20-7-10-26(42)29(20)36)39-33(40)27-13-19-6-9-24(38-32(19)41(27)15-17-3-4-17)18-5-8-22(31(37)43)23(35)11-18/h5-6,8-9,11-14,17,20,26,29H,3-4,7,10,15-16,36H2,1-2H3,(H2,37,43). The van der Waals surface area contributed by atoms with Crippen molar-refractivity contribution in [1.82, 2.24) is 24.0 Å². The number of piperidine rings is 1. The quantitative estimate of drug-likeness (QED) is 0.262. The van der Waals surface area contributed by atoms with Gasteiger partial charge in [0.25, 0.3) is 5.91 Å². The number of pyridine rings is 1. The third kappa shape index (κ3) is 4.49. The van der Waals surface area contributed by atoms with Gasteiger partial charge in [0.1, 0.15) is 16.9 Å². The minimum atomic E-state index is -0.569. The number of likely N-dealkylation sites (tertiary alicyclic amines) is 1. The zero-order valence-electron chi connectivity index (χ0n) is 25.2. The van der Waals surface area contributed by atoms with E-state index in [1.165, 1.54) is 12.8 Å². The number of methoxy groups -OCH3 is 1. The third-order valence-electron chi connectivity index (χ3n) is 9.96. The molecule has 8 rings (SSSR count). The van der Waals surface area contributed by atoms with Gasteiger partial charge >= 0.3 is 0 Å². The van der Waals surface area contributed by atoms with E-state index in [-0.39, 0.29) is 23.6 Å². The average molecular weight is 624 g/mol. The van der Waals surface area contributed by atoms with Crippen LogP contribution in [0.2, 0.25) is 5.02 Å². The molecule has 2 saturated carbocycles. The number of primary amides is 1. The number of nitrogens with zero attached hydrogens (tertiary/aromatic N) is 5. The number of benzene rings is 2. The van der Waals surface area contributed by atoms with Crippen LogP contribution in [0, 0.1) is 11.8 Å². The summed E-state index contributed by atoms with van der Waals surface area (Å²) in [6.45, 7) is 1.52. The summed E-state index contributed by atoms with van der Waals surface area (Å²) in [7, 11) is 3.61. The first kappa shape index (κ1) is 28.1. The highest BCUT2D eigenvalue weighted by Gasteiger charge is 2.47. The highest BCUT2D eigenvalue weighted by atomic mass is 35.5. The molecule has 3 aromatic heterocycles. The molecule has 0 spiro atoms. The second-order valence-corrected chi connectivity index (χ2v) is 13.1. The maximum atomic E-state index is 13.7. The van der Waals surface area contributed by atoms with E-state index in [2.05, 4.69) is 16.7 Å². The molecule has 1 saturated heterocycles. The lowest BCUT2D eigenvalue weighted by Crippen LogP contribution is -2.41. The average Bonchev–Trinajstić information content (AvgIpc) is 3.44. The van der Waals surface area contributed by atoms with Crippen molar-refractivity contribution < 1.29 is 14.3 Å². The van der Waals surface area contributed by atoms with Crippen LogP contribution in [0.25, 0.3) is 44.8 Å². The molecule has 1 aliphatic heterocycles. The molecule has 2 amide bonds. The lowest BCUT2D eigenvalue weighted by Gasteiger charge is -2.27. The summed E-state index contributed by atoms with van der Waals surface area (Å²) in [5, 5.41) is 1.28. The summed E-state index contributed by atoms with van der Waals surface area (Å²) in [6, 6.07) is 15.2. The predicted octanol–water partition coefficient (Wildman–Crippen LogP) is 4.99. The van der Waals surface area contributed by atoms with Gasteiger partial charge in [0.15, 0.2) is 5.82 Å². The van der Waals surface area contributed by atoms with Crippen LogP contribution in [-0.4, -0.2) is 61.6 Å². The first-order chi connectivity index (χ1) is 21.7. The van der Waals surface area contributed by atoms with Crippen molar-refractivity contribution in [1.29, 1.82) is 0 Å². The molecule has 3 atom stereocenters. The Morgan fingerprint density at radius 1 is 1.04 bits per heavy atom. The van der Waals surface area contributed by atoms with Crippen molar-refractivity contribution in [3.8, 4) is 28.5 Å². The first-order valence-electron chi connectivity index (χ1n) is 15.4. The Hall–Kier alpha value is -4.41. The summed E-state index contributed by atoms with van der Waals surface area (Å²) < 4.78 is 10.1. The van der Waals surface area contributed by atoms with Gasteiger partial charge in [0, 0.05) is 48.7 Å². The molecule has 4 heterocycles. The molecule has 2 aliphatic carbocycles. The van der Waals surface area contributed by atoms with E-state index in [0.29, 0.717) is 40.2 Å². The number of aromatic nitrogens is 4. The van der Waals surface area contributed by atoms with E-state index >= 15 is 0 Å². The summed E-state index contributed by atoms with van der Waals surface area (Å²) in [5.41, 5.74) is 17.6. The van der Waals surface area contributed by atoms with Crippen molar-refractivity contribution in [3.05, 3.63) is 64.7 Å². The van der Waals surface area contributed by atoms with Gasteiger partial charge in [-0.15, -0.1) is 0 Å². The van der Waals surface area contributed by atoms with Gasteiger partial charge < -0.3 is 30.2 Å². The van der Waals surface area contributed by atoms with Crippen molar-refractivity contribution in [2.24, 2.45) is 30.4 Å². The number of imidazole rings is 1. The van der Waals surface area contributed by atoms with Gasteiger partial charge in [0.05, 0.1) is 34.6 Å². The molecule has 0 radical (unpaired) electrons. The fraction of sp³-hybridized carbons (Fsp3) is 0.353. The number of hydrogen-bond donors (Lipinski definition) is 2. The molecule has 11 heteroatoms. The summed E-state index contributed by atoms with van der Waals surface area (Å²) in [6.07, 6.45) is 4.39. The van der Waals surface area contributed by atoms with Crippen LogP contribution < -0.4 is 16.2 Å². The number of halogens is 1. The highest BCUT2D eigenvalue weighted by Crippen LogP contribution is 2.40. The molecule has 4 N–H and O–H groups in total. The lowest BCUT2D eigenvalue weighted by molar-refractivity contribution is 0.0700. The topological polar surface area (TPSA) is 134 Å². The largest absolute Gasteiger partial charge is 0.494 e. The van der Waals surface area contributed by atoms with E-state index in [9.17, 15) is 9.59 Å². The molecular formula is C34H34ClN7O3. The third-order valence-corrected chi connectivity index (χ3v) is 10.3. The molecule has 3 unspecified atom stereocenters. The zero-order valence-corrected chi connectivity index (χ0v) is 25.9. The SMILES string of the molecule is COc1cc(C(=O)N2CC3CCC2C3N)cc2nc(-c3cc4ccc(-c5ccc(C(N)=O)c(Cl)c5)nc4n3CC3CC3)n(C)c12. The molecular weight excluding hydrogens is 590 g/mol. The van der Waals surface area contributed by atoms with Crippen molar-refractivity contribution in [2.45, 2.75) is 44.3 Å². The predicted molar refractivity (Wildman–Crippen MR) is 173 cm³/mol. The molecule has 3 fully saturated rings. The van der Waals surface area contributed by atoms with Gasteiger partial charge in [-0.05, 0) is 80.0 Å². The molecule has 3 aliphatic rings. The Labute approximate surface area is 264 Å². The van der Waals surface area contributed by atoms with Gasteiger partial charge in [-0.2, -0.15) is 0 Å². The maximum absolute atomic E-state index is 13.7. The van der Waals surface area contributed by atoms with Crippen LogP contribution in [0.3, 0.4) is 0 Å². The fourth-order valence-corrected chi connectivity index (χ4v) is 7.63. The number of amides is 2. The first-order valence-corrected chi connectivity index (χ1v) is 15.8. The van der Waals surface area contributed by atoms with Crippen LogP contribution in [0.4, 0.5) is 0 Å². The number of aryl methyl sites for hydroxylation is 1. The van der Waals surface area contributed by atoms with Gasteiger partial charge in [-0.1, -0.05) is 17.7 Å². The molecule has 230 valence electrons. The lowest BCUT2D eigenvalue weighted by atomic mass is 10.1. The Bertz CT molecular complexity index is 2040. The van der Waals surface area contributed by atoms with Crippen molar-refractivity contribution in [3.63, 3.8) is 0 Å². The Morgan fingerprint density at radius 3 is 2.53 bits per heavy atom. The number of nitrogens with two attached hydrogens (primary N) is 2. The van der Waals surface area contributed by atoms with E-state index in [4.69, 9.17) is 37.8 Å². The fourth-order valence-electron chi connectivity index (χ4n) is 7.36. The highest BCUT2D eigenvalue weighted by molar-refractivity contribution is 6.34. The molecule has 2 aromatic carbocycles. The minimum Gasteiger partial charge on any atom is -0.494 e. The molecule has 10 nitrogen and oxygen atoms in total. The van der Waals surface area contributed by atoms with Gasteiger partial charge in [0.2, 0.25) is 5.91 Å². The zero-order chi connectivity index (χ0) is 31.1. The summed E-state index contributed by atoms with van der Waals surface area (Å²) in [5.74, 6) is 1.73. The van der Waals surface area contributed by atoms with Crippen LogP contribution >= 0.6 is 11.6 Å². The Balaban J connectivity index is 1.23. The van der Waals surface area contributed by atoms with Crippen LogP contribution in [-0.2, 0) is 13.6 Å². The van der Waals surface area contributed by atoms with E-state index in [1.807, 2.05) is 40.8 Å². The number of rotatable bonds is 7. The monoisotopic (exact) mass is 623 g/mol. The Morgan fingerprint density at radius 2 is 1.87 bits per heavy atom. The van der Waals surface area contributed by atoms with Gasteiger partial charge in [-0.25, -0.2) is 9.97 Å². The number of fused-ring (bicyclic) bond motifs is 4. The number of carbonyl (C=O) groups is 2. The van der Waals surface area contributed by atoms with Gasteiger partial charge in [-0.3, -0.25) is 9.59 Å². The van der Waals surface area contributed by atoms with Crippen molar-refractivity contribution >= 4 is 45.5 Å². The second-order valence-electron chi connectivity index (χ2n) is 12.7. The molecule has 45 heavy (non-hydrogen) atoms. The van der Waals surface area contributed by atoms with Crippen LogP contribution in [0.5, 0.6) is 5.75 Å². The number of carbonyl (C=O) groups excluding carboxylic acids is 2. The second kappa shape index (κ2) is 10.3. The smallest absolute Gasteiger partial charge is 0.254 e. The van der Waals surface area contributed by atoms with Crippen LogP contribution in [0.15, 0.2) is 48.5 Å². The minimum absolute atomic E-state index is 0.0198. The Kier molecular flexibility index (Phi) is 6.44. The van der Waals surface area contributed by atoms with Crippen molar-refractivity contribution in [2.75, 3.05) is 13.7 Å². The summed E-state index contributed by atoms with van der Waals surface area (Å²) >= 11 is 6.37. The molecule has 5 aromatic rings. The maximum Gasteiger partial charge on any atom is 0.254 e. The van der Waals surface area contributed by atoms with E-state index in [0.717, 1.165) is 58.7 Å². The number of hydrogen-bond acceptors (Lipinski definition) is 6. The molecule has 2 bridgehead atoms. The van der Waals surface area contributed by atoms with Crippen LogP contribution in [0.1, 0.15) is 46.4 Å². The van der Waals surface area contributed by atoms with E-state index < -0.39 is 5.91 Å². The summed E-state index contributed by atoms with van der Waals surface area (Å²) in [4.78, 5) is 37.5.